The zero-order valence-corrected chi connectivity index (χ0v) is 15.5. The maximum Gasteiger partial charge on any atom is 0.250 e. The molecule has 19 heavy (non-hydrogen) atoms. The maximum atomic E-state index is 12.2. The predicted molar refractivity (Wildman–Crippen MR) is 86.6 cm³/mol. The molecule has 0 radical (unpaired) electrons. The van der Waals surface area contributed by atoms with Gasteiger partial charge in [0.15, 0.2) is 0 Å². The van der Waals surface area contributed by atoms with E-state index in [-0.39, 0.29) is 0 Å². The van der Waals surface area contributed by atoms with E-state index in [9.17, 15) is 8.42 Å². The van der Waals surface area contributed by atoms with Gasteiger partial charge in [0, 0.05) is 11.9 Å². The Morgan fingerprint density at radius 2 is 2.11 bits per heavy atom. The largest absolute Gasteiger partial charge is 0.250 e. The Kier molecular flexibility index (Phi) is 5.50. The van der Waals surface area contributed by atoms with Gasteiger partial charge in [0.1, 0.15) is 4.21 Å². The third-order valence-electron chi connectivity index (χ3n) is 3.65. The molecule has 1 N–H and O–H groups in total. The van der Waals surface area contributed by atoms with E-state index < -0.39 is 10.0 Å². The van der Waals surface area contributed by atoms with Gasteiger partial charge in [-0.15, -0.1) is 11.3 Å². The number of rotatable bonds is 5. The number of hydrogen-bond donors (Lipinski definition) is 1. The highest BCUT2D eigenvalue weighted by molar-refractivity contribution is 9.11. The van der Waals surface area contributed by atoms with E-state index in [0.29, 0.717) is 22.6 Å². The molecular weight excluding hydrogens is 414 g/mol. The van der Waals surface area contributed by atoms with Crippen LogP contribution in [0, 0.1) is 18.8 Å². The second kappa shape index (κ2) is 6.56. The molecule has 1 aromatic heterocycles. The maximum absolute atomic E-state index is 12.2. The van der Waals surface area contributed by atoms with Gasteiger partial charge in [-0.2, -0.15) is 0 Å². The summed E-state index contributed by atoms with van der Waals surface area (Å²) in [6, 6.07) is 1.72. The van der Waals surface area contributed by atoms with Crippen molar-refractivity contribution in [2.24, 2.45) is 11.8 Å². The Labute approximate surface area is 135 Å². The molecule has 0 aliphatic heterocycles. The van der Waals surface area contributed by atoms with Crippen molar-refractivity contribution in [3.63, 3.8) is 0 Å². The van der Waals surface area contributed by atoms with Crippen molar-refractivity contribution in [3.8, 4) is 0 Å². The first-order chi connectivity index (χ1) is 8.94. The van der Waals surface area contributed by atoms with Crippen LogP contribution in [-0.4, -0.2) is 20.3 Å². The van der Waals surface area contributed by atoms with E-state index in [2.05, 4.69) is 36.6 Å². The number of aryl methyl sites for hydroxylation is 1. The summed E-state index contributed by atoms with van der Waals surface area (Å²) in [5.74, 6) is 1.05. The van der Waals surface area contributed by atoms with Gasteiger partial charge >= 0.3 is 0 Å². The molecule has 0 spiro atoms. The van der Waals surface area contributed by atoms with Crippen LogP contribution in [0.2, 0.25) is 0 Å². The molecule has 108 valence electrons. The molecule has 2 atom stereocenters. The summed E-state index contributed by atoms with van der Waals surface area (Å²) in [6.07, 6.45) is 3.51. The molecule has 0 bridgehead atoms. The lowest BCUT2D eigenvalue weighted by atomic mass is 9.99. The van der Waals surface area contributed by atoms with Crippen LogP contribution in [0.25, 0.3) is 0 Å². The molecule has 7 heteroatoms. The van der Waals surface area contributed by atoms with Gasteiger partial charge in [-0.1, -0.05) is 22.4 Å². The second-order valence-corrected chi connectivity index (χ2v) is 9.99. The van der Waals surface area contributed by atoms with Crippen LogP contribution in [0.3, 0.4) is 0 Å². The van der Waals surface area contributed by atoms with Crippen LogP contribution in [-0.2, 0) is 10.0 Å². The van der Waals surface area contributed by atoms with E-state index in [1.165, 1.54) is 24.2 Å². The van der Waals surface area contributed by atoms with Crippen molar-refractivity contribution in [1.29, 1.82) is 0 Å². The molecule has 1 heterocycles. The molecule has 2 rings (SSSR count). The minimum atomic E-state index is -3.36. The monoisotopic (exact) mass is 429 g/mol. The summed E-state index contributed by atoms with van der Waals surface area (Å²) in [7, 11) is -3.36. The third kappa shape index (κ3) is 3.81. The van der Waals surface area contributed by atoms with Crippen molar-refractivity contribution in [2.75, 3.05) is 11.9 Å². The normalized spacial score (nSPS) is 23.9. The molecule has 3 nitrogen and oxygen atoms in total. The number of nitrogens with one attached hydrogen (secondary N) is 1. The summed E-state index contributed by atoms with van der Waals surface area (Å²) < 4.78 is 28.5. The van der Waals surface area contributed by atoms with E-state index in [0.717, 1.165) is 21.1 Å². The Bertz CT molecular complexity index is 522. The molecule has 0 amide bonds. The number of hydrogen-bond acceptors (Lipinski definition) is 3. The first-order valence-electron chi connectivity index (χ1n) is 6.25. The van der Waals surface area contributed by atoms with Crippen molar-refractivity contribution >= 4 is 53.2 Å². The van der Waals surface area contributed by atoms with Crippen LogP contribution in [0.15, 0.2) is 14.1 Å². The van der Waals surface area contributed by atoms with Crippen molar-refractivity contribution in [1.82, 2.24) is 4.72 Å². The average Bonchev–Trinajstić information content (AvgIpc) is 2.94. The fourth-order valence-electron chi connectivity index (χ4n) is 2.44. The van der Waals surface area contributed by atoms with E-state index in [1.54, 1.807) is 6.07 Å². The van der Waals surface area contributed by atoms with Crippen molar-refractivity contribution in [2.45, 2.75) is 30.4 Å². The summed E-state index contributed by atoms with van der Waals surface area (Å²) in [5, 5.41) is 0.961. The highest BCUT2D eigenvalue weighted by atomic mass is 79.9. The molecule has 1 saturated carbocycles. The number of thiophene rings is 1. The third-order valence-corrected chi connectivity index (χ3v) is 8.52. The standard InChI is InChI=1S/C12H17Br2NO2S2/c1-8-5-11(18-12(8)14)19(16,17)15-7-10-4-2-3-9(10)6-13/h5,9-10,15H,2-4,6-7H2,1H3. The lowest BCUT2D eigenvalue weighted by Gasteiger charge is -2.17. The van der Waals surface area contributed by atoms with E-state index in [4.69, 9.17) is 0 Å². The minimum absolute atomic E-state index is 0.394. The van der Waals surface area contributed by atoms with Gasteiger partial charge in [-0.05, 0) is 59.2 Å². The zero-order chi connectivity index (χ0) is 14.0. The lowest BCUT2D eigenvalue weighted by Crippen LogP contribution is -2.30. The first kappa shape index (κ1) is 15.9. The highest BCUT2D eigenvalue weighted by Gasteiger charge is 2.28. The summed E-state index contributed by atoms with van der Waals surface area (Å²) in [6.45, 7) is 2.45. The van der Waals surface area contributed by atoms with E-state index >= 15 is 0 Å². The topological polar surface area (TPSA) is 46.2 Å². The summed E-state index contributed by atoms with van der Waals surface area (Å²) in [5.41, 5.74) is 0.963. The van der Waals surface area contributed by atoms with Gasteiger partial charge in [-0.3, -0.25) is 0 Å². The highest BCUT2D eigenvalue weighted by Crippen LogP contribution is 2.34. The molecule has 0 saturated heterocycles. The van der Waals surface area contributed by atoms with Gasteiger partial charge in [0.2, 0.25) is 10.0 Å². The van der Waals surface area contributed by atoms with Gasteiger partial charge < -0.3 is 0 Å². The fraction of sp³-hybridized carbons (Fsp3) is 0.667. The first-order valence-corrected chi connectivity index (χ1v) is 10.5. The zero-order valence-electron chi connectivity index (χ0n) is 10.7. The van der Waals surface area contributed by atoms with Gasteiger partial charge in [0.05, 0.1) is 3.79 Å². The molecule has 1 aliphatic carbocycles. The van der Waals surface area contributed by atoms with Crippen LogP contribution < -0.4 is 4.72 Å². The fourth-order valence-corrected chi connectivity index (χ4v) is 6.65. The van der Waals surface area contributed by atoms with Gasteiger partial charge in [-0.25, -0.2) is 13.1 Å². The Balaban J connectivity index is 2.02. The average molecular weight is 431 g/mol. The Morgan fingerprint density at radius 3 is 2.68 bits per heavy atom. The summed E-state index contributed by atoms with van der Waals surface area (Å²) in [4.78, 5) is 0. The molecule has 1 aliphatic rings. The number of sulfonamides is 1. The summed E-state index contributed by atoms with van der Waals surface area (Å²) >= 11 is 8.15. The van der Waals surface area contributed by atoms with Crippen LogP contribution >= 0.6 is 43.2 Å². The Hall–Kier alpha value is 0.570. The number of halogens is 2. The smallest absolute Gasteiger partial charge is 0.210 e. The van der Waals surface area contributed by atoms with Crippen molar-refractivity contribution in [3.05, 3.63) is 15.4 Å². The van der Waals surface area contributed by atoms with Crippen LogP contribution in [0.1, 0.15) is 24.8 Å². The van der Waals surface area contributed by atoms with E-state index in [1.807, 2.05) is 6.92 Å². The van der Waals surface area contributed by atoms with Crippen LogP contribution in [0.5, 0.6) is 0 Å². The quantitative estimate of drug-likeness (QED) is 0.719. The molecule has 2 unspecified atom stereocenters. The molecule has 0 aromatic carbocycles. The second-order valence-electron chi connectivity index (χ2n) is 4.98. The molecular formula is C12H17Br2NO2S2. The number of alkyl halides is 1. The minimum Gasteiger partial charge on any atom is -0.210 e. The molecule has 1 aromatic rings. The SMILES string of the molecule is Cc1cc(S(=O)(=O)NCC2CCCC2CBr)sc1Br. The van der Waals surface area contributed by atoms with Gasteiger partial charge in [0.25, 0.3) is 0 Å². The molecule has 1 fully saturated rings. The van der Waals surface area contributed by atoms with Crippen LogP contribution in [0.4, 0.5) is 0 Å². The Morgan fingerprint density at radius 1 is 1.42 bits per heavy atom. The lowest BCUT2D eigenvalue weighted by molar-refractivity contribution is 0.422. The van der Waals surface area contributed by atoms with Crippen molar-refractivity contribution < 1.29 is 8.42 Å². The predicted octanol–water partition coefficient (Wildman–Crippen LogP) is 3.91.